The Kier molecular flexibility index (Phi) is 3.05. The first kappa shape index (κ1) is 11.9. The van der Waals surface area contributed by atoms with Gasteiger partial charge in [-0.05, 0) is 29.8 Å². The molecule has 2 nitrogen and oxygen atoms in total. The summed E-state index contributed by atoms with van der Waals surface area (Å²) in [6, 6.07) is 15.6. The van der Waals surface area contributed by atoms with E-state index in [1.54, 1.807) is 13.4 Å². The molecule has 1 aromatic heterocycles. The first-order valence-electron chi connectivity index (χ1n) is 5.94. The Morgan fingerprint density at radius 1 is 1.00 bits per heavy atom. The van der Waals surface area contributed by atoms with Crippen LogP contribution in [-0.4, -0.2) is 7.11 Å². The van der Waals surface area contributed by atoms with Crippen molar-refractivity contribution in [1.82, 2.24) is 0 Å². The molecule has 0 aliphatic heterocycles. The zero-order valence-electron chi connectivity index (χ0n) is 10.4. The second-order valence-corrected chi connectivity index (χ2v) is 4.61. The third-order valence-electron chi connectivity index (χ3n) is 3.08. The van der Waals surface area contributed by atoms with Crippen molar-refractivity contribution in [2.75, 3.05) is 7.11 Å². The normalized spacial score (nSPS) is 10.6. The van der Waals surface area contributed by atoms with Crippen LogP contribution in [0.5, 0.6) is 5.75 Å². The second-order valence-electron chi connectivity index (χ2n) is 4.20. The highest BCUT2D eigenvalue weighted by Crippen LogP contribution is 2.28. The molecule has 0 saturated carbocycles. The first-order valence-corrected chi connectivity index (χ1v) is 6.35. The number of hydrogen-bond acceptors (Lipinski definition) is 3. The highest BCUT2D eigenvalue weighted by atomic mass is 32.1. The summed E-state index contributed by atoms with van der Waals surface area (Å²) >= 11 is 5.55. The molecular formula is C16H12O2S. The van der Waals surface area contributed by atoms with Crippen LogP contribution < -0.4 is 4.74 Å². The van der Waals surface area contributed by atoms with E-state index in [0.717, 1.165) is 32.4 Å². The minimum atomic E-state index is 0.810. The highest BCUT2D eigenvalue weighted by molar-refractivity contribution is 7.71. The molecule has 0 bridgehead atoms. The molecule has 0 N–H and O–H groups in total. The van der Waals surface area contributed by atoms with E-state index in [-0.39, 0.29) is 0 Å². The molecule has 0 aliphatic carbocycles. The fourth-order valence-corrected chi connectivity index (χ4v) is 2.38. The maximum absolute atomic E-state index is 5.64. The van der Waals surface area contributed by atoms with Gasteiger partial charge < -0.3 is 9.15 Å². The molecule has 1 heterocycles. The zero-order chi connectivity index (χ0) is 13.2. The van der Waals surface area contributed by atoms with Crippen LogP contribution in [0.1, 0.15) is 0 Å². The largest absolute Gasteiger partial charge is 0.497 e. The standard InChI is InChI=1S/C16H12O2S/c1-17-12-8-6-11(7-9-12)14-10-18-15-5-3-2-4-13(15)16(14)19/h2-10H,1H3. The molecule has 3 aromatic rings. The van der Waals surface area contributed by atoms with Crippen molar-refractivity contribution in [3.05, 3.63) is 59.3 Å². The van der Waals surface area contributed by atoms with Crippen molar-refractivity contribution in [3.8, 4) is 16.9 Å². The van der Waals surface area contributed by atoms with E-state index < -0.39 is 0 Å². The van der Waals surface area contributed by atoms with Crippen molar-refractivity contribution in [1.29, 1.82) is 0 Å². The predicted molar refractivity (Wildman–Crippen MR) is 79.0 cm³/mol. The van der Waals surface area contributed by atoms with Gasteiger partial charge in [0, 0.05) is 10.9 Å². The van der Waals surface area contributed by atoms with Gasteiger partial charge in [0.2, 0.25) is 0 Å². The number of para-hydroxylation sites is 1. The average Bonchev–Trinajstić information content (AvgIpc) is 2.48. The molecule has 0 radical (unpaired) electrons. The number of methoxy groups -OCH3 is 1. The smallest absolute Gasteiger partial charge is 0.135 e. The van der Waals surface area contributed by atoms with E-state index >= 15 is 0 Å². The molecular weight excluding hydrogens is 256 g/mol. The number of benzene rings is 2. The van der Waals surface area contributed by atoms with E-state index in [2.05, 4.69) is 0 Å². The van der Waals surface area contributed by atoms with Crippen LogP contribution in [0.25, 0.3) is 22.1 Å². The Balaban J connectivity index is 2.19. The molecule has 3 heteroatoms. The van der Waals surface area contributed by atoms with E-state index in [4.69, 9.17) is 21.4 Å². The van der Waals surface area contributed by atoms with Gasteiger partial charge in [0.05, 0.1) is 11.6 Å². The van der Waals surface area contributed by atoms with E-state index in [9.17, 15) is 0 Å². The summed E-state index contributed by atoms with van der Waals surface area (Å²) < 4.78 is 11.6. The van der Waals surface area contributed by atoms with Crippen molar-refractivity contribution in [2.45, 2.75) is 0 Å². The van der Waals surface area contributed by atoms with E-state index in [1.165, 1.54) is 0 Å². The lowest BCUT2D eigenvalue weighted by Crippen LogP contribution is -1.84. The van der Waals surface area contributed by atoms with Crippen molar-refractivity contribution in [2.24, 2.45) is 0 Å². The lowest BCUT2D eigenvalue weighted by atomic mass is 10.1. The van der Waals surface area contributed by atoms with E-state index in [1.807, 2.05) is 48.5 Å². The van der Waals surface area contributed by atoms with Gasteiger partial charge in [-0.3, -0.25) is 0 Å². The summed E-state index contributed by atoms with van der Waals surface area (Å²) in [6.07, 6.45) is 1.71. The van der Waals surface area contributed by atoms with Crippen LogP contribution in [-0.2, 0) is 0 Å². The van der Waals surface area contributed by atoms with Crippen molar-refractivity contribution >= 4 is 23.2 Å². The molecule has 0 unspecified atom stereocenters. The Morgan fingerprint density at radius 2 is 1.74 bits per heavy atom. The van der Waals surface area contributed by atoms with Gasteiger partial charge in [-0.15, -0.1) is 0 Å². The van der Waals surface area contributed by atoms with Gasteiger partial charge in [-0.25, -0.2) is 0 Å². The summed E-state index contributed by atoms with van der Waals surface area (Å²) in [7, 11) is 1.65. The van der Waals surface area contributed by atoms with Crippen molar-refractivity contribution < 1.29 is 9.15 Å². The SMILES string of the molecule is COc1ccc(-c2coc3ccccc3c2=S)cc1. The van der Waals surface area contributed by atoms with Crippen LogP contribution in [0.2, 0.25) is 0 Å². The summed E-state index contributed by atoms with van der Waals surface area (Å²) in [5.41, 5.74) is 2.77. The van der Waals surface area contributed by atoms with Gasteiger partial charge >= 0.3 is 0 Å². The van der Waals surface area contributed by atoms with E-state index in [0.29, 0.717) is 0 Å². The molecule has 94 valence electrons. The topological polar surface area (TPSA) is 22.4 Å². The molecule has 0 spiro atoms. The highest BCUT2D eigenvalue weighted by Gasteiger charge is 2.05. The molecule has 0 fully saturated rings. The Hall–Kier alpha value is -2.13. The van der Waals surface area contributed by atoms with Crippen LogP contribution in [0.3, 0.4) is 0 Å². The van der Waals surface area contributed by atoms with Gasteiger partial charge in [0.1, 0.15) is 17.6 Å². The van der Waals surface area contributed by atoms with Gasteiger partial charge in [-0.1, -0.05) is 36.5 Å². The van der Waals surface area contributed by atoms with Crippen LogP contribution in [0, 0.1) is 4.51 Å². The van der Waals surface area contributed by atoms with Crippen LogP contribution in [0.4, 0.5) is 0 Å². The average molecular weight is 268 g/mol. The molecule has 0 atom stereocenters. The first-order chi connectivity index (χ1) is 9.29. The Morgan fingerprint density at radius 3 is 2.47 bits per heavy atom. The lowest BCUT2D eigenvalue weighted by Gasteiger charge is -2.05. The molecule has 19 heavy (non-hydrogen) atoms. The monoisotopic (exact) mass is 268 g/mol. The second kappa shape index (κ2) is 4.86. The maximum Gasteiger partial charge on any atom is 0.135 e. The Bertz CT molecular complexity index is 773. The lowest BCUT2D eigenvalue weighted by molar-refractivity contribution is 0.415. The summed E-state index contributed by atoms with van der Waals surface area (Å²) in [4.78, 5) is 0. The molecule has 0 amide bonds. The van der Waals surface area contributed by atoms with Gasteiger partial charge in [0.15, 0.2) is 0 Å². The molecule has 2 aromatic carbocycles. The molecule has 3 rings (SSSR count). The van der Waals surface area contributed by atoms with Crippen LogP contribution in [0.15, 0.2) is 59.2 Å². The third kappa shape index (κ3) is 2.13. The van der Waals surface area contributed by atoms with Gasteiger partial charge in [-0.2, -0.15) is 0 Å². The predicted octanol–water partition coefficient (Wildman–Crippen LogP) is 4.84. The quantitative estimate of drug-likeness (QED) is 0.621. The molecule has 0 aliphatic rings. The van der Waals surface area contributed by atoms with Crippen LogP contribution >= 0.6 is 12.2 Å². The number of ether oxygens (including phenoxy) is 1. The Labute approximate surface area is 116 Å². The molecule has 0 saturated heterocycles. The van der Waals surface area contributed by atoms with Crippen molar-refractivity contribution in [3.63, 3.8) is 0 Å². The number of rotatable bonds is 2. The summed E-state index contributed by atoms with van der Waals surface area (Å²) in [6.45, 7) is 0. The van der Waals surface area contributed by atoms with Gasteiger partial charge in [0.25, 0.3) is 0 Å². The number of hydrogen-bond donors (Lipinski definition) is 0. The minimum Gasteiger partial charge on any atom is -0.497 e. The zero-order valence-corrected chi connectivity index (χ0v) is 11.2. The number of fused-ring (bicyclic) bond motifs is 1. The minimum absolute atomic E-state index is 0.810. The summed E-state index contributed by atoms with van der Waals surface area (Å²) in [5, 5.41) is 0.964. The fraction of sp³-hybridized carbons (Fsp3) is 0.0625. The third-order valence-corrected chi connectivity index (χ3v) is 3.52. The fourth-order valence-electron chi connectivity index (χ4n) is 2.05. The maximum atomic E-state index is 5.64. The summed E-state index contributed by atoms with van der Waals surface area (Å²) in [5.74, 6) is 0.826.